The molecular weight excluding hydrogens is 718 g/mol. The smallest absolute Gasteiger partial charge is 0.226 e. The zero-order chi connectivity index (χ0) is 35.5. The van der Waals surface area contributed by atoms with Crippen molar-refractivity contribution in [3.63, 3.8) is 0 Å². The second-order valence-corrected chi connectivity index (χ2v) is 17.1. The summed E-state index contributed by atoms with van der Waals surface area (Å²) >= 11 is 14.7. The van der Waals surface area contributed by atoms with Crippen LogP contribution in [0.1, 0.15) is 79.0 Å². The number of halogens is 3. The highest BCUT2D eigenvalue weighted by Crippen LogP contribution is 2.60. The predicted molar refractivity (Wildman–Crippen MR) is 200 cm³/mol. The average molecular weight is 756 g/mol. The van der Waals surface area contributed by atoms with Crippen LogP contribution < -0.4 is 5.32 Å². The fourth-order valence-electron chi connectivity index (χ4n) is 9.65. The van der Waals surface area contributed by atoms with Gasteiger partial charge in [-0.1, -0.05) is 35.3 Å². The molecular formula is C40H37Cl2FN6O2S. The fraction of sp³-hybridized carbons (Fsp3) is 0.450. The zero-order valence-corrected chi connectivity index (χ0v) is 31.0. The molecule has 3 aliphatic carbocycles. The normalized spacial score (nSPS) is 25.7. The van der Waals surface area contributed by atoms with Crippen molar-refractivity contribution in [1.82, 2.24) is 24.8 Å². The molecule has 3 aliphatic heterocycles. The number of nitriles is 1. The third-order valence-corrected chi connectivity index (χ3v) is 14.0. The van der Waals surface area contributed by atoms with Crippen LogP contribution in [0.2, 0.25) is 10.0 Å². The first-order valence-electron chi connectivity index (χ1n) is 18.3. The molecule has 0 unspecified atom stereocenters. The molecule has 1 amide bonds. The number of likely N-dealkylation sites (tertiary alicyclic amines) is 1. The summed E-state index contributed by atoms with van der Waals surface area (Å²) in [7, 11) is 0. The van der Waals surface area contributed by atoms with Gasteiger partial charge in [-0.15, -0.1) is 11.3 Å². The van der Waals surface area contributed by atoms with Gasteiger partial charge in [0.25, 0.3) is 0 Å². The number of hydrogen-bond acceptors (Lipinski definition) is 7. The number of ether oxygens (including phenoxy) is 1. The van der Waals surface area contributed by atoms with E-state index in [1.807, 2.05) is 18.4 Å². The Morgan fingerprint density at radius 1 is 1.21 bits per heavy atom. The Bertz CT molecular complexity index is 2320. The molecule has 2 bridgehead atoms. The van der Waals surface area contributed by atoms with Crippen LogP contribution in [0.3, 0.4) is 0 Å². The van der Waals surface area contributed by atoms with E-state index in [1.165, 1.54) is 0 Å². The summed E-state index contributed by atoms with van der Waals surface area (Å²) in [4.78, 5) is 26.0. The van der Waals surface area contributed by atoms with E-state index in [-0.39, 0.29) is 58.6 Å². The molecule has 52 heavy (non-hydrogen) atoms. The number of hydrogen-bond donors (Lipinski definition) is 1. The Balaban J connectivity index is 1.19. The van der Waals surface area contributed by atoms with Crippen LogP contribution in [0.5, 0.6) is 0 Å². The summed E-state index contributed by atoms with van der Waals surface area (Å²) < 4.78 is 26.4. The van der Waals surface area contributed by atoms with E-state index in [9.17, 15) is 10.1 Å². The maximum atomic E-state index is 17.2. The molecule has 11 rings (SSSR count). The average Bonchev–Trinajstić information content (AvgIpc) is 3.78. The number of fused-ring (bicyclic) bond motifs is 4. The lowest BCUT2D eigenvalue weighted by Crippen LogP contribution is -2.45. The van der Waals surface area contributed by atoms with Gasteiger partial charge in [0.2, 0.25) is 5.91 Å². The van der Waals surface area contributed by atoms with Crippen molar-refractivity contribution in [2.75, 3.05) is 6.54 Å². The van der Waals surface area contributed by atoms with Crippen molar-refractivity contribution in [2.45, 2.75) is 94.7 Å². The van der Waals surface area contributed by atoms with Gasteiger partial charge in [0.15, 0.2) is 5.82 Å². The van der Waals surface area contributed by atoms with E-state index in [2.05, 4.69) is 31.9 Å². The second-order valence-electron chi connectivity index (χ2n) is 15.3. The third-order valence-electron chi connectivity index (χ3n) is 12.4. The van der Waals surface area contributed by atoms with Crippen LogP contribution in [0.4, 0.5) is 4.39 Å². The lowest BCUT2D eigenvalue weighted by molar-refractivity contribution is -0.138. The van der Waals surface area contributed by atoms with Crippen LogP contribution in [0.15, 0.2) is 41.9 Å². The number of amides is 1. The molecule has 3 aromatic heterocycles. The number of carbonyl (C=O) groups excluding carboxylic acids is 1. The number of carbonyl (C=O) groups is 1. The summed E-state index contributed by atoms with van der Waals surface area (Å²) in [6, 6.07) is 12.0. The highest BCUT2D eigenvalue weighted by atomic mass is 35.5. The molecule has 5 aromatic rings. The van der Waals surface area contributed by atoms with Gasteiger partial charge in [0.05, 0.1) is 52.0 Å². The second kappa shape index (κ2) is 12.2. The molecule has 0 radical (unpaired) electrons. The zero-order valence-electron chi connectivity index (χ0n) is 28.7. The molecule has 3 saturated carbocycles. The summed E-state index contributed by atoms with van der Waals surface area (Å²) in [6.07, 6.45) is 7.74. The summed E-state index contributed by atoms with van der Waals surface area (Å²) in [6.45, 7) is 3.30. The predicted octanol–water partition coefficient (Wildman–Crippen LogP) is 8.86. The number of aromatic nitrogens is 3. The SMILES string of the molecule is Cc1nc2c(F)c(-c3cccc(Cl)c3Cl)c(CCC#N)cc2c2c1cc([C@H]1C[C@H](OCc3nccs3)C3(CC3)N1C(=O)C1CC1)n2[C@H]1[C@H]2CN[C@@H]1C2. The minimum atomic E-state index is -0.470. The van der Waals surface area contributed by atoms with Crippen molar-refractivity contribution >= 4 is 62.3 Å². The molecule has 1 spiro atoms. The van der Waals surface area contributed by atoms with Gasteiger partial charge >= 0.3 is 0 Å². The highest BCUT2D eigenvalue weighted by Gasteiger charge is 2.65. The van der Waals surface area contributed by atoms with Crippen LogP contribution in [0.25, 0.3) is 32.9 Å². The molecule has 12 heteroatoms. The van der Waals surface area contributed by atoms with Gasteiger partial charge in [0, 0.05) is 76.2 Å². The van der Waals surface area contributed by atoms with Crippen molar-refractivity contribution < 1.29 is 13.9 Å². The van der Waals surface area contributed by atoms with Crippen molar-refractivity contribution in [1.29, 1.82) is 5.26 Å². The van der Waals surface area contributed by atoms with E-state index < -0.39 is 5.82 Å². The molecule has 6 fully saturated rings. The molecule has 6 aliphatic rings. The van der Waals surface area contributed by atoms with Crippen molar-refractivity contribution in [3.8, 4) is 17.2 Å². The summed E-state index contributed by atoms with van der Waals surface area (Å²) in [5.41, 5.74) is 4.19. The number of nitrogens with zero attached hydrogens (tertiary/aromatic N) is 5. The van der Waals surface area contributed by atoms with Gasteiger partial charge in [-0.2, -0.15) is 5.26 Å². The van der Waals surface area contributed by atoms with E-state index in [0.29, 0.717) is 52.5 Å². The van der Waals surface area contributed by atoms with Crippen LogP contribution in [-0.2, 0) is 22.6 Å². The number of pyridine rings is 1. The highest BCUT2D eigenvalue weighted by molar-refractivity contribution is 7.09. The third kappa shape index (κ3) is 4.92. The topological polar surface area (TPSA) is 96.1 Å². The Morgan fingerprint density at radius 2 is 2.06 bits per heavy atom. The molecule has 1 N–H and O–H groups in total. The van der Waals surface area contributed by atoms with Gasteiger partial charge in [-0.25, -0.2) is 14.4 Å². The first kappa shape index (κ1) is 33.0. The first-order chi connectivity index (χ1) is 25.3. The van der Waals surface area contributed by atoms with Crippen molar-refractivity contribution in [3.05, 3.63) is 79.7 Å². The van der Waals surface area contributed by atoms with E-state index in [0.717, 1.165) is 65.9 Å². The van der Waals surface area contributed by atoms with Gasteiger partial charge < -0.3 is 19.5 Å². The van der Waals surface area contributed by atoms with Gasteiger partial charge in [-0.05, 0) is 75.1 Å². The summed E-state index contributed by atoms with van der Waals surface area (Å²) in [5.74, 6) is 0.260. The van der Waals surface area contributed by atoms with E-state index >= 15 is 4.39 Å². The number of thiazole rings is 1. The Labute approximate surface area is 314 Å². The van der Waals surface area contributed by atoms with Crippen LogP contribution in [0, 0.1) is 35.9 Å². The first-order valence-corrected chi connectivity index (χ1v) is 20.0. The molecule has 3 saturated heterocycles. The van der Waals surface area contributed by atoms with Crippen LogP contribution in [-0.4, -0.2) is 49.6 Å². The minimum Gasteiger partial charge on any atom is -0.369 e. The Morgan fingerprint density at radius 3 is 2.75 bits per heavy atom. The lowest BCUT2D eigenvalue weighted by atomic mass is 9.79. The number of rotatable bonds is 9. The Kier molecular flexibility index (Phi) is 7.76. The number of nitrogens with one attached hydrogen (secondary N) is 1. The van der Waals surface area contributed by atoms with Crippen LogP contribution >= 0.6 is 34.5 Å². The Hall–Kier alpha value is -3.59. The van der Waals surface area contributed by atoms with Gasteiger partial charge in [0.1, 0.15) is 10.5 Å². The van der Waals surface area contributed by atoms with Crippen molar-refractivity contribution in [2.24, 2.45) is 11.8 Å². The standard InChI is InChI=1S/C40H37Cl2FN6O2S/c1-20-25-16-29(30-17-31(51-19-32-45-12-13-52-32)40(9-10-40)49(30)39(50)21-7-8-21)48(37-23-15-28(37)46-18-23)38(25)26-14-22(4-3-11-44)33(35(43)36(26)47-20)24-5-2-6-27(41)34(24)42/h2,5-6,12-14,16,21,23,28,30-31,37,46H,3-4,7-10,15,17-19H2,1H3/t23-,28-,30-,31+,37+/m1/s1. The minimum absolute atomic E-state index is 0.0647. The largest absolute Gasteiger partial charge is 0.369 e. The molecule has 2 aromatic carbocycles. The quantitative estimate of drug-likeness (QED) is 0.162. The fourth-order valence-corrected chi connectivity index (χ4v) is 10.6. The summed E-state index contributed by atoms with van der Waals surface area (Å²) in [5, 5.41) is 18.5. The maximum Gasteiger partial charge on any atom is 0.226 e. The number of benzene rings is 2. The molecule has 6 heterocycles. The maximum absolute atomic E-state index is 17.2. The van der Waals surface area contributed by atoms with E-state index in [4.69, 9.17) is 32.9 Å². The lowest BCUT2D eigenvalue weighted by Gasteiger charge is -2.40. The number of aryl methyl sites for hydroxylation is 2. The molecule has 266 valence electrons. The molecule has 8 nitrogen and oxygen atoms in total. The molecule has 5 atom stereocenters. The van der Waals surface area contributed by atoms with E-state index in [1.54, 1.807) is 35.7 Å². The monoisotopic (exact) mass is 754 g/mol. The van der Waals surface area contributed by atoms with Gasteiger partial charge in [-0.3, -0.25) is 4.79 Å².